The first kappa shape index (κ1) is 17.8. The van der Waals surface area contributed by atoms with E-state index in [2.05, 4.69) is 35.3 Å². The van der Waals surface area contributed by atoms with Gasteiger partial charge in [-0.3, -0.25) is 9.59 Å². The summed E-state index contributed by atoms with van der Waals surface area (Å²) in [5.41, 5.74) is 2.99. The van der Waals surface area contributed by atoms with Crippen LogP contribution in [0, 0.1) is 0 Å². The molecule has 2 aliphatic heterocycles. The van der Waals surface area contributed by atoms with Crippen LogP contribution in [0.5, 0.6) is 0 Å². The zero-order valence-corrected chi connectivity index (χ0v) is 15.8. The Morgan fingerprint density at radius 3 is 2.70 bits per heavy atom. The van der Waals surface area contributed by atoms with Gasteiger partial charge in [0.25, 0.3) is 5.91 Å². The Morgan fingerprint density at radius 1 is 1.22 bits per heavy atom. The molecule has 0 bridgehead atoms. The lowest BCUT2D eigenvalue weighted by molar-refractivity contribution is -0.910. The number of likely N-dealkylation sites (tertiary alicyclic amines) is 1. The van der Waals surface area contributed by atoms with E-state index >= 15 is 0 Å². The van der Waals surface area contributed by atoms with Crippen LogP contribution in [0.25, 0.3) is 0 Å². The quantitative estimate of drug-likeness (QED) is 0.842. The van der Waals surface area contributed by atoms with Crippen molar-refractivity contribution in [3.8, 4) is 0 Å². The Morgan fingerprint density at radius 2 is 2.04 bits per heavy atom. The number of aryl methyl sites for hydroxylation is 1. The number of quaternary nitrogens is 1. The van der Waals surface area contributed by atoms with Gasteiger partial charge in [0.15, 0.2) is 6.54 Å². The topological polar surface area (TPSA) is 58.8 Å². The fourth-order valence-electron chi connectivity index (χ4n) is 4.37. The van der Waals surface area contributed by atoms with E-state index < -0.39 is 0 Å². The normalized spacial score (nSPS) is 22.4. The molecular formula is C21H27N4O2+. The molecule has 1 aromatic heterocycles. The summed E-state index contributed by atoms with van der Waals surface area (Å²) in [6.45, 7) is 2.28. The number of nitrogens with one attached hydrogen (secondary N) is 2. The van der Waals surface area contributed by atoms with E-state index in [0.29, 0.717) is 19.0 Å². The molecule has 27 heavy (non-hydrogen) atoms. The molecule has 0 radical (unpaired) electrons. The Bertz CT molecular complexity index is 827. The lowest BCUT2D eigenvalue weighted by Crippen LogP contribution is -3.11. The predicted molar refractivity (Wildman–Crippen MR) is 105 cm³/mol. The summed E-state index contributed by atoms with van der Waals surface area (Å²) in [6.07, 6.45) is 5.88. The molecule has 1 aromatic carbocycles. The number of hydrogen-bond donors (Lipinski definition) is 2. The highest BCUT2D eigenvalue weighted by Crippen LogP contribution is 2.23. The van der Waals surface area contributed by atoms with E-state index in [1.165, 1.54) is 10.6 Å². The van der Waals surface area contributed by atoms with Crippen molar-refractivity contribution in [1.29, 1.82) is 0 Å². The van der Waals surface area contributed by atoms with Gasteiger partial charge < -0.3 is 19.7 Å². The van der Waals surface area contributed by atoms with Crippen molar-refractivity contribution in [2.45, 2.75) is 31.7 Å². The van der Waals surface area contributed by atoms with Gasteiger partial charge in [0, 0.05) is 50.4 Å². The first-order chi connectivity index (χ1) is 13.1. The van der Waals surface area contributed by atoms with Crippen molar-refractivity contribution in [3.63, 3.8) is 0 Å². The molecule has 0 aliphatic carbocycles. The molecule has 0 spiro atoms. The van der Waals surface area contributed by atoms with Gasteiger partial charge in [-0.15, -0.1) is 0 Å². The van der Waals surface area contributed by atoms with Crippen LogP contribution in [-0.2, 0) is 16.6 Å². The second-order valence-electron chi connectivity index (χ2n) is 7.57. The number of hydrogen-bond acceptors (Lipinski definition) is 2. The van der Waals surface area contributed by atoms with Crippen molar-refractivity contribution < 1.29 is 14.5 Å². The summed E-state index contributed by atoms with van der Waals surface area (Å²) >= 11 is 0. The van der Waals surface area contributed by atoms with Gasteiger partial charge in [0.1, 0.15) is 6.04 Å². The van der Waals surface area contributed by atoms with Gasteiger partial charge in [-0.1, -0.05) is 0 Å². The summed E-state index contributed by atoms with van der Waals surface area (Å²) in [6, 6.07) is 12.2. The van der Waals surface area contributed by atoms with Crippen LogP contribution in [0.2, 0.25) is 0 Å². The van der Waals surface area contributed by atoms with E-state index in [-0.39, 0.29) is 11.8 Å². The molecular weight excluding hydrogens is 340 g/mol. The number of anilines is 2. The van der Waals surface area contributed by atoms with Crippen molar-refractivity contribution in [2.24, 2.45) is 7.05 Å². The van der Waals surface area contributed by atoms with E-state index in [1.54, 1.807) is 0 Å². The van der Waals surface area contributed by atoms with Crippen molar-refractivity contribution in [3.05, 3.63) is 48.3 Å². The highest BCUT2D eigenvalue weighted by atomic mass is 16.2. The molecule has 4 rings (SSSR count). The Balaban J connectivity index is 1.36. The fraction of sp³-hybridized carbons (Fsp3) is 0.429. The molecule has 3 heterocycles. The molecule has 1 unspecified atom stereocenters. The van der Waals surface area contributed by atoms with Crippen LogP contribution >= 0.6 is 0 Å². The number of rotatable bonds is 5. The van der Waals surface area contributed by atoms with E-state index in [9.17, 15) is 9.59 Å². The number of carbonyl (C=O) groups excluding carboxylic acids is 2. The third kappa shape index (κ3) is 3.76. The average Bonchev–Trinajstić information content (AvgIpc) is 3.37. The minimum atomic E-state index is 0.0381. The lowest BCUT2D eigenvalue weighted by atomic mass is 10.1. The average molecular weight is 367 g/mol. The summed E-state index contributed by atoms with van der Waals surface area (Å²) in [5.74, 6) is 0.215. The zero-order chi connectivity index (χ0) is 18.8. The van der Waals surface area contributed by atoms with Crippen molar-refractivity contribution >= 4 is 23.2 Å². The second kappa shape index (κ2) is 7.56. The number of amides is 2. The molecule has 2 N–H and O–H groups in total. The van der Waals surface area contributed by atoms with E-state index in [4.69, 9.17) is 0 Å². The Hall–Kier alpha value is -2.60. The van der Waals surface area contributed by atoms with Crippen LogP contribution in [0.3, 0.4) is 0 Å². The summed E-state index contributed by atoms with van der Waals surface area (Å²) in [5, 5.41) is 3.01. The third-order valence-corrected chi connectivity index (χ3v) is 5.75. The molecule has 2 atom stereocenters. The number of nitrogens with zero attached hydrogens (tertiary/aromatic N) is 2. The molecule has 6 heteroatoms. The fourth-order valence-corrected chi connectivity index (χ4v) is 4.37. The van der Waals surface area contributed by atoms with Gasteiger partial charge in [-0.05, 0) is 42.8 Å². The van der Waals surface area contributed by atoms with Crippen molar-refractivity contribution in [1.82, 2.24) is 4.57 Å². The maximum atomic E-state index is 12.6. The molecule has 2 fully saturated rings. The van der Waals surface area contributed by atoms with Crippen LogP contribution in [-0.4, -0.2) is 36.0 Å². The van der Waals surface area contributed by atoms with Crippen LogP contribution in [0.15, 0.2) is 42.6 Å². The largest absolute Gasteiger partial charge is 0.350 e. The zero-order valence-electron chi connectivity index (χ0n) is 15.8. The van der Waals surface area contributed by atoms with Gasteiger partial charge in [0.2, 0.25) is 5.91 Å². The summed E-state index contributed by atoms with van der Waals surface area (Å²) in [7, 11) is 2.07. The minimum absolute atomic E-state index is 0.0381. The molecule has 0 saturated carbocycles. The Labute approximate surface area is 159 Å². The van der Waals surface area contributed by atoms with Crippen LogP contribution in [0.1, 0.15) is 37.4 Å². The second-order valence-corrected chi connectivity index (χ2v) is 7.57. The molecule has 2 aliphatic rings. The number of carbonyl (C=O) groups is 2. The van der Waals surface area contributed by atoms with Gasteiger partial charge in [-0.2, -0.15) is 0 Å². The maximum Gasteiger partial charge on any atom is 0.279 e. The van der Waals surface area contributed by atoms with Crippen LogP contribution < -0.4 is 15.1 Å². The summed E-state index contributed by atoms with van der Waals surface area (Å²) < 4.78 is 2.16. The first-order valence-corrected chi connectivity index (χ1v) is 9.78. The highest BCUT2D eigenvalue weighted by Gasteiger charge is 2.33. The van der Waals surface area contributed by atoms with E-state index in [1.807, 2.05) is 29.2 Å². The van der Waals surface area contributed by atoms with Gasteiger partial charge >= 0.3 is 0 Å². The maximum absolute atomic E-state index is 12.6. The molecule has 142 valence electrons. The van der Waals surface area contributed by atoms with E-state index in [0.717, 1.165) is 43.7 Å². The molecule has 2 amide bonds. The molecule has 2 aromatic rings. The predicted octanol–water partition coefficient (Wildman–Crippen LogP) is 1.51. The highest BCUT2D eigenvalue weighted by molar-refractivity contribution is 5.96. The van der Waals surface area contributed by atoms with Gasteiger partial charge in [0.05, 0.1) is 12.2 Å². The minimum Gasteiger partial charge on any atom is -0.350 e. The summed E-state index contributed by atoms with van der Waals surface area (Å²) in [4.78, 5) is 27.5. The monoisotopic (exact) mass is 367 g/mol. The lowest BCUT2D eigenvalue weighted by Gasteiger charge is -2.22. The SMILES string of the molecule is Cn1cccc1[C@H]1CCC[NH+]1CC(=O)Nc1ccc(N2CCCC2=O)cc1. The standard InChI is InChI=1S/C21H26N4O2/c1-23-12-2-5-18(23)19-6-3-13-24(19)15-20(26)22-16-8-10-17(11-9-16)25-14-4-7-21(25)27/h2,5,8-12,19H,3-4,6-7,13-15H2,1H3,(H,22,26)/p+1/t19-/m1/s1. The van der Waals surface area contributed by atoms with Gasteiger partial charge in [-0.25, -0.2) is 0 Å². The number of aromatic nitrogens is 1. The number of benzene rings is 1. The first-order valence-electron chi connectivity index (χ1n) is 9.78. The molecule has 6 nitrogen and oxygen atoms in total. The van der Waals surface area contributed by atoms with Crippen LogP contribution in [0.4, 0.5) is 11.4 Å². The van der Waals surface area contributed by atoms with Crippen molar-refractivity contribution in [2.75, 3.05) is 29.9 Å². The Kier molecular flexibility index (Phi) is 4.99. The molecule has 2 saturated heterocycles. The smallest absolute Gasteiger partial charge is 0.279 e. The third-order valence-electron chi connectivity index (χ3n) is 5.75.